The van der Waals surface area contributed by atoms with Crippen LogP contribution in [0.4, 0.5) is 5.69 Å². The average Bonchev–Trinajstić information content (AvgIpc) is 3.20. The first-order chi connectivity index (χ1) is 18.0. The Bertz CT molecular complexity index is 1530. The molecule has 0 bridgehead atoms. The van der Waals surface area contributed by atoms with Gasteiger partial charge in [0.1, 0.15) is 11.5 Å². The molecule has 2 aliphatic heterocycles. The monoisotopic (exact) mass is 509 g/mol. The lowest BCUT2D eigenvalue weighted by Crippen LogP contribution is -2.35. The minimum Gasteiger partial charge on any atom is -0.456 e. The van der Waals surface area contributed by atoms with Gasteiger partial charge in [0, 0.05) is 41.0 Å². The van der Waals surface area contributed by atoms with Gasteiger partial charge in [-0.25, -0.2) is 4.79 Å². The van der Waals surface area contributed by atoms with Crippen molar-refractivity contribution < 1.29 is 14.3 Å². The van der Waals surface area contributed by atoms with E-state index in [4.69, 9.17) is 21.1 Å². The molecule has 4 nitrogen and oxygen atoms in total. The van der Waals surface area contributed by atoms with E-state index < -0.39 is 5.60 Å². The summed E-state index contributed by atoms with van der Waals surface area (Å²) in [5.41, 5.74) is 5.85. The molecule has 6 rings (SSSR count). The Morgan fingerprint density at radius 2 is 1.59 bits per heavy atom. The Hall–Kier alpha value is -3.76. The third-order valence-electron chi connectivity index (χ3n) is 7.55. The van der Waals surface area contributed by atoms with E-state index in [0.717, 1.165) is 52.2 Å². The SMILES string of the molecule is CCN(CC)c1ccc2c(c1)Oc1cc(C)c(Cl)c(Cc3ccccc3)c1C21OC(=O)c2ccccc21. The van der Waals surface area contributed by atoms with Crippen molar-refractivity contribution in [3.05, 3.63) is 123 Å². The van der Waals surface area contributed by atoms with Crippen molar-refractivity contribution in [1.82, 2.24) is 0 Å². The Balaban J connectivity index is 1.67. The van der Waals surface area contributed by atoms with Crippen LogP contribution in [-0.4, -0.2) is 19.1 Å². The lowest BCUT2D eigenvalue weighted by molar-refractivity contribution is 0.0222. The highest BCUT2D eigenvalue weighted by atomic mass is 35.5. The highest BCUT2D eigenvalue weighted by Crippen LogP contribution is 2.58. The molecule has 0 aromatic heterocycles. The summed E-state index contributed by atoms with van der Waals surface area (Å²) in [7, 11) is 0. The molecule has 0 aliphatic carbocycles. The number of halogens is 1. The van der Waals surface area contributed by atoms with Crippen molar-refractivity contribution in [2.75, 3.05) is 18.0 Å². The number of hydrogen-bond donors (Lipinski definition) is 0. The molecule has 2 aliphatic rings. The second kappa shape index (κ2) is 8.97. The second-order valence-electron chi connectivity index (χ2n) is 9.59. The number of hydrogen-bond acceptors (Lipinski definition) is 4. The summed E-state index contributed by atoms with van der Waals surface area (Å²) in [4.78, 5) is 15.6. The van der Waals surface area contributed by atoms with E-state index in [1.54, 1.807) is 0 Å². The van der Waals surface area contributed by atoms with Gasteiger partial charge < -0.3 is 14.4 Å². The molecule has 5 heteroatoms. The van der Waals surface area contributed by atoms with Crippen LogP contribution in [0.15, 0.2) is 78.9 Å². The Morgan fingerprint density at radius 1 is 0.865 bits per heavy atom. The summed E-state index contributed by atoms with van der Waals surface area (Å²) in [5.74, 6) is 1.01. The molecule has 0 saturated carbocycles. The molecule has 1 unspecified atom stereocenters. The predicted octanol–water partition coefficient (Wildman–Crippen LogP) is 7.65. The first kappa shape index (κ1) is 23.6. The maximum absolute atomic E-state index is 13.3. The van der Waals surface area contributed by atoms with Crippen molar-refractivity contribution >= 4 is 23.3 Å². The normalized spacial score (nSPS) is 17.0. The first-order valence-corrected chi connectivity index (χ1v) is 13.1. The Morgan fingerprint density at radius 3 is 2.35 bits per heavy atom. The quantitative estimate of drug-likeness (QED) is 0.259. The maximum atomic E-state index is 13.3. The van der Waals surface area contributed by atoms with E-state index in [2.05, 4.69) is 43.0 Å². The van der Waals surface area contributed by atoms with Gasteiger partial charge in [-0.3, -0.25) is 0 Å². The second-order valence-corrected chi connectivity index (χ2v) is 9.97. The number of fused-ring (bicyclic) bond motifs is 6. The zero-order valence-corrected chi connectivity index (χ0v) is 21.9. The minimum atomic E-state index is -1.15. The maximum Gasteiger partial charge on any atom is 0.340 e. The Labute approximate surface area is 222 Å². The standard InChI is InChI=1S/C32H28ClNO3/c1-4-34(5-2)22-15-16-26-27(19-22)36-28-17-20(3)30(33)24(18-21-11-7-6-8-12-21)29(28)32(26)25-14-10-9-13-23(25)31(35)37-32/h6-17,19H,4-5,18H2,1-3H3. The van der Waals surface area contributed by atoms with E-state index in [9.17, 15) is 4.79 Å². The summed E-state index contributed by atoms with van der Waals surface area (Å²) >= 11 is 7.03. The van der Waals surface area contributed by atoms with Crippen LogP contribution in [0.2, 0.25) is 5.02 Å². The Kier molecular flexibility index (Phi) is 5.73. The van der Waals surface area contributed by atoms with Gasteiger partial charge in [0.2, 0.25) is 0 Å². The van der Waals surface area contributed by atoms with Gasteiger partial charge in [-0.2, -0.15) is 0 Å². The van der Waals surface area contributed by atoms with E-state index in [-0.39, 0.29) is 5.97 Å². The van der Waals surface area contributed by atoms with Gasteiger partial charge in [-0.1, -0.05) is 60.1 Å². The van der Waals surface area contributed by atoms with Crippen molar-refractivity contribution in [3.63, 3.8) is 0 Å². The van der Waals surface area contributed by atoms with Gasteiger partial charge in [-0.15, -0.1) is 0 Å². The fraction of sp³-hybridized carbons (Fsp3) is 0.219. The number of rotatable bonds is 5. The zero-order chi connectivity index (χ0) is 25.7. The summed E-state index contributed by atoms with van der Waals surface area (Å²) < 4.78 is 13.1. The van der Waals surface area contributed by atoms with Crippen LogP contribution in [0.5, 0.6) is 11.5 Å². The molecular formula is C32H28ClNO3. The van der Waals surface area contributed by atoms with E-state index in [0.29, 0.717) is 28.5 Å². The van der Waals surface area contributed by atoms with Gasteiger partial charge >= 0.3 is 5.97 Å². The molecule has 0 amide bonds. The number of carbonyl (C=O) groups excluding carboxylic acids is 1. The molecule has 186 valence electrons. The number of nitrogens with zero attached hydrogens (tertiary/aromatic N) is 1. The van der Waals surface area contributed by atoms with Crippen LogP contribution in [0, 0.1) is 6.92 Å². The molecule has 1 atom stereocenters. The molecule has 0 saturated heterocycles. The van der Waals surface area contributed by atoms with Gasteiger partial charge in [0.25, 0.3) is 0 Å². The molecule has 0 N–H and O–H groups in total. The van der Waals surface area contributed by atoms with Crippen LogP contribution in [0.1, 0.15) is 57.6 Å². The number of benzene rings is 4. The smallest absolute Gasteiger partial charge is 0.340 e. The summed E-state index contributed by atoms with van der Waals surface area (Å²) in [5, 5.41) is 0.661. The molecule has 2 heterocycles. The van der Waals surface area contributed by atoms with Crippen LogP contribution >= 0.6 is 11.6 Å². The number of aryl methyl sites for hydroxylation is 1. The molecule has 37 heavy (non-hydrogen) atoms. The minimum absolute atomic E-state index is 0.343. The third kappa shape index (κ3) is 3.54. The molecule has 1 spiro atoms. The van der Waals surface area contributed by atoms with Crippen LogP contribution in [0.25, 0.3) is 0 Å². The average molecular weight is 510 g/mol. The van der Waals surface area contributed by atoms with Crippen molar-refractivity contribution in [1.29, 1.82) is 0 Å². The van der Waals surface area contributed by atoms with Crippen LogP contribution in [0.3, 0.4) is 0 Å². The number of esters is 1. The predicted molar refractivity (Wildman–Crippen MR) is 147 cm³/mol. The summed E-state index contributed by atoms with van der Waals surface area (Å²) in [6.07, 6.45) is 0.585. The molecule has 4 aromatic rings. The van der Waals surface area contributed by atoms with Gasteiger partial charge in [0.15, 0.2) is 5.60 Å². The molecule has 4 aromatic carbocycles. The van der Waals surface area contributed by atoms with Crippen LogP contribution in [-0.2, 0) is 16.8 Å². The lowest BCUT2D eigenvalue weighted by Gasteiger charge is -2.39. The molecular weight excluding hydrogens is 482 g/mol. The zero-order valence-electron chi connectivity index (χ0n) is 21.2. The fourth-order valence-electron chi connectivity index (χ4n) is 5.79. The number of carbonyl (C=O) groups is 1. The van der Waals surface area contributed by atoms with Crippen molar-refractivity contribution in [2.24, 2.45) is 0 Å². The molecule has 0 radical (unpaired) electrons. The lowest BCUT2D eigenvalue weighted by atomic mass is 9.74. The van der Waals surface area contributed by atoms with Crippen molar-refractivity contribution in [2.45, 2.75) is 32.8 Å². The largest absolute Gasteiger partial charge is 0.456 e. The van der Waals surface area contributed by atoms with Gasteiger partial charge in [-0.05, 0) is 68.1 Å². The summed E-state index contributed by atoms with van der Waals surface area (Å²) in [6.45, 7) is 8.02. The molecule has 0 fully saturated rings. The van der Waals surface area contributed by atoms with Crippen LogP contribution < -0.4 is 9.64 Å². The van der Waals surface area contributed by atoms with Crippen molar-refractivity contribution in [3.8, 4) is 11.5 Å². The third-order valence-corrected chi connectivity index (χ3v) is 8.07. The topological polar surface area (TPSA) is 38.8 Å². The van der Waals surface area contributed by atoms with Gasteiger partial charge in [0.05, 0.1) is 11.1 Å². The highest BCUT2D eigenvalue weighted by molar-refractivity contribution is 6.32. The van der Waals surface area contributed by atoms with E-state index in [1.807, 2.05) is 61.5 Å². The van der Waals surface area contributed by atoms with E-state index >= 15 is 0 Å². The fourth-order valence-corrected chi connectivity index (χ4v) is 6.00. The number of anilines is 1. The van der Waals surface area contributed by atoms with E-state index in [1.165, 1.54) is 0 Å². The number of ether oxygens (including phenoxy) is 2. The summed E-state index contributed by atoms with van der Waals surface area (Å²) in [6, 6.07) is 26.0. The first-order valence-electron chi connectivity index (χ1n) is 12.7. The highest BCUT2D eigenvalue weighted by Gasteiger charge is 2.55.